The number of nitrogens with zero attached hydrogens (tertiary/aromatic N) is 1. The van der Waals surface area contributed by atoms with E-state index in [9.17, 15) is 9.59 Å². The Morgan fingerprint density at radius 1 is 1.42 bits per heavy atom. The molecule has 0 amide bonds. The summed E-state index contributed by atoms with van der Waals surface area (Å²) in [5.41, 5.74) is 0.374. The number of para-hydroxylation sites is 1. The molecule has 2 rings (SSSR count). The second kappa shape index (κ2) is 5.65. The number of carbonyl (C=O) groups is 1. The van der Waals surface area contributed by atoms with E-state index < -0.39 is 6.10 Å². The van der Waals surface area contributed by atoms with E-state index in [1.54, 1.807) is 25.1 Å². The molecule has 0 bridgehead atoms. The molecule has 5 heteroatoms. The lowest BCUT2D eigenvalue weighted by Crippen LogP contribution is -2.17. The van der Waals surface area contributed by atoms with Crippen LogP contribution in [-0.4, -0.2) is 15.9 Å². The predicted molar refractivity (Wildman–Crippen MR) is 71.8 cm³/mol. The Hall–Kier alpha value is -2.17. The van der Waals surface area contributed by atoms with Crippen molar-refractivity contribution in [2.24, 2.45) is 0 Å². The maximum absolute atomic E-state index is 11.9. The van der Waals surface area contributed by atoms with Crippen molar-refractivity contribution in [1.82, 2.24) is 9.97 Å². The minimum absolute atomic E-state index is 0.223. The third-order valence-electron chi connectivity index (χ3n) is 2.78. The molecular weight excluding hydrogens is 244 g/mol. The van der Waals surface area contributed by atoms with Gasteiger partial charge in [0.15, 0.2) is 11.9 Å². The summed E-state index contributed by atoms with van der Waals surface area (Å²) in [6, 6.07) is 7.06. The molecule has 0 fully saturated rings. The van der Waals surface area contributed by atoms with Gasteiger partial charge in [0.25, 0.3) is 5.56 Å². The van der Waals surface area contributed by atoms with E-state index in [0.29, 0.717) is 23.1 Å². The summed E-state index contributed by atoms with van der Waals surface area (Å²) in [6.07, 6.45) is 0.534. The molecule has 1 unspecified atom stereocenters. The molecule has 1 N–H and O–H groups in total. The second-order valence-corrected chi connectivity index (χ2v) is 4.35. The summed E-state index contributed by atoms with van der Waals surface area (Å²) < 4.78 is 5.21. The van der Waals surface area contributed by atoms with Crippen LogP contribution in [0.3, 0.4) is 0 Å². The van der Waals surface area contributed by atoms with Gasteiger partial charge in [-0.3, -0.25) is 9.59 Å². The number of esters is 1. The van der Waals surface area contributed by atoms with Crippen LogP contribution in [0.4, 0.5) is 0 Å². The van der Waals surface area contributed by atoms with Gasteiger partial charge in [0.05, 0.1) is 10.9 Å². The average Bonchev–Trinajstić information content (AvgIpc) is 2.39. The molecule has 100 valence electrons. The quantitative estimate of drug-likeness (QED) is 0.856. The lowest BCUT2D eigenvalue weighted by Gasteiger charge is -2.12. The van der Waals surface area contributed by atoms with Gasteiger partial charge in [0, 0.05) is 6.42 Å². The van der Waals surface area contributed by atoms with Crippen molar-refractivity contribution in [1.29, 1.82) is 0 Å². The molecule has 1 aromatic heterocycles. The number of hydrogen-bond acceptors (Lipinski definition) is 4. The Bertz CT molecular complexity index is 648. The van der Waals surface area contributed by atoms with Crippen molar-refractivity contribution in [3.05, 3.63) is 40.4 Å². The number of H-pyrrole nitrogens is 1. The number of hydrogen-bond donors (Lipinski definition) is 1. The largest absolute Gasteiger partial charge is 0.454 e. The summed E-state index contributed by atoms with van der Waals surface area (Å²) in [6.45, 7) is 3.60. The minimum Gasteiger partial charge on any atom is -0.454 e. The highest BCUT2D eigenvalue weighted by atomic mass is 16.5. The molecule has 0 aliphatic rings. The van der Waals surface area contributed by atoms with Crippen molar-refractivity contribution >= 4 is 16.9 Å². The van der Waals surface area contributed by atoms with Crippen LogP contribution in [0.15, 0.2) is 29.1 Å². The molecule has 0 saturated heterocycles. The molecule has 0 radical (unpaired) electrons. The lowest BCUT2D eigenvalue weighted by atomic mass is 10.2. The van der Waals surface area contributed by atoms with Gasteiger partial charge in [-0.1, -0.05) is 19.1 Å². The highest BCUT2D eigenvalue weighted by Crippen LogP contribution is 2.15. The van der Waals surface area contributed by atoms with E-state index in [2.05, 4.69) is 9.97 Å². The minimum atomic E-state index is -0.559. The molecule has 19 heavy (non-hydrogen) atoms. The summed E-state index contributed by atoms with van der Waals surface area (Å²) in [5, 5.41) is 0.526. The maximum Gasteiger partial charge on any atom is 0.306 e. The fourth-order valence-corrected chi connectivity index (χ4v) is 1.81. The van der Waals surface area contributed by atoms with Crippen LogP contribution in [0, 0.1) is 0 Å². The maximum atomic E-state index is 11.9. The molecule has 5 nitrogen and oxygen atoms in total. The zero-order chi connectivity index (χ0) is 13.8. The molecule has 0 spiro atoms. The lowest BCUT2D eigenvalue weighted by molar-refractivity contribution is -0.149. The fourth-order valence-electron chi connectivity index (χ4n) is 1.81. The van der Waals surface area contributed by atoms with Gasteiger partial charge in [-0.05, 0) is 25.5 Å². The van der Waals surface area contributed by atoms with E-state index in [0.717, 1.165) is 6.42 Å². The number of fused-ring (bicyclic) bond motifs is 1. The summed E-state index contributed by atoms with van der Waals surface area (Å²) in [4.78, 5) is 30.3. The van der Waals surface area contributed by atoms with E-state index >= 15 is 0 Å². The van der Waals surface area contributed by atoms with Crippen molar-refractivity contribution in [2.45, 2.75) is 32.8 Å². The molecule has 0 aliphatic heterocycles. The van der Waals surface area contributed by atoms with Gasteiger partial charge in [-0.25, -0.2) is 4.98 Å². The van der Waals surface area contributed by atoms with Gasteiger partial charge in [-0.15, -0.1) is 0 Å². The van der Waals surface area contributed by atoms with Gasteiger partial charge >= 0.3 is 5.97 Å². The number of carbonyl (C=O) groups excluding carboxylic acids is 1. The van der Waals surface area contributed by atoms with Gasteiger partial charge < -0.3 is 9.72 Å². The van der Waals surface area contributed by atoms with Crippen molar-refractivity contribution in [2.75, 3.05) is 0 Å². The highest BCUT2D eigenvalue weighted by Gasteiger charge is 2.14. The Balaban J connectivity index is 2.30. The standard InChI is InChI=1S/C14H16N2O3/c1-3-6-12(17)19-9(2)13-15-11-8-5-4-7-10(11)14(18)16-13/h4-5,7-9H,3,6H2,1-2H3,(H,15,16,18). The first-order chi connectivity index (χ1) is 9.11. The Morgan fingerprint density at radius 3 is 2.89 bits per heavy atom. The number of nitrogens with one attached hydrogen (secondary N) is 1. The van der Waals surface area contributed by atoms with Crippen LogP contribution >= 0.6 is 0 Å². The van der Waals surface area contributed by atoms with Gasteiger partial charge in [0.2, 0.25) is 0 Å². The number of aromatic amines is 1. The van der Waals surface area contributed by atoms with Crippen LogP contribution in [-0.2, 0) is 9.53 Å². The first-order valence-corrected chi connectivity index (χ1v) is 6.30. The molecule has 2 aromatic rings. The molecule has 0 aliphatic carbocycles. The summed E-state index contributed by atoms with van der Waals surface area (Å²) >= 11 is 0. The Labute approximate surface area is 110 Å². The molecule has 0 saturated carbocycles. The smallest absolute Gasteiger partial charge is 0.306 e. The highest BCUT2D eigenvalue weighted by molar-refractivity contribution is 5.77. The van der Waals surface area contributed by atoms with Crippen molar-refractivity contribution in [3.8, 4) is 0 Å². The predicted octanol–water partition coefficient (Wildman–Crippen LogP) is 2.33. The van der Waals surface area contributed by atoms with Crippen molar-refractivity contribution in [3.63, 3.8) is 0 Å². The molecular formula is C14H16N2O3. The van der Waals surface area contributed by atoms with Gasteiger partial charge in [0.1, 0.15) is 0 Å². The topological polar surface area (TPSA) is 72.0 Å². The monoisotopic (exact) mass is 260 g/mol. The van der Waals surface area contributed by atoms with Crippen LogP contribution < -0.4 is 5.56 Å². The molecule has 1 heterocycles. The fraction of sp³-hybridized carbons (Fsp3) is 0.357. The van der Waals surface area contributed by atoms with E-state index in [1.165, 1.54) is 0 Å². The molecule has 1 atom stereocenters. The zero-order valence-electron chi connectivity index (χ0n) is 11.0. The number of aromatic nitrogens is 2. The summed E-state index contributed by atoms with van der Waals surface area (Å²) in [5.74, 6) is 0.0824. The van der Waals surface area contributed by atoms with Crippen LogP contribution in [0.2, 0.25) is 0 Å². The Kier molecular flexibility index (Phi) is 3.94. The summed E-state index contributed by atoms with van der Waals surface area (Å²) in [7, 11) is 0. The van der Waals surface area contributed by atoms with Gasteiger partial charge in [-0.2, -0.15) is 0 Å². The number of ether oxygens (including phenoxy) is 1. The first-order valence-electron chi connectivity index (χ1n) is 6.30. The SMILES string of the molecule is CCCC(=O)OC(C)c1nc2ccccc2c(=O)[nH]1. The zero-order valence-corrected chi connectivity index (χ0v) is 11.0. The van der Waals surface area contributed by atoms with E-state index in [-0.39, 0.29) is 11.5 Å². The molecule has 1 aromatic carbocycles. The van der Waals surface area contributed by atoms with Crippen LogP contribution in [0.1, 0.15) is 38.6 Å². The van der Waals surface area contributed by atoms with Crippen molar-refractivity contribution < 1.29 is 9.53 Å². The first kappa shape index (κ1) is 13.3. The second-order valence-electron chi connectivity index (χ2n) is 4.35. The van der Waals surface area contributed by atoms with E-state index in [1.807, 2.05) is 13.0 Å². The average molecular weight is 260 g/mol. The normalized spacial score (nSPS) is 12.3. The van der Waals surface area contributed by atoms with Crippen LogP contribution in [0.25, 0.3) is 10.9 Å². The third-order valence-corrected chi connectivity index (χ3v) is 2.78. The Morgan fingerprint density at radius 2 is 2.16 bits per heavy atom. The van der Waals surface area contributed by atoms with E-state index in [4.69, 9.17) is 4.74 Å². The third kappa shape index (κ3) is 2.99. The number of benzene rings is 1. The van der Waals surface area contributed by atoms with Crippen LogP contribution in [0.5, 0.6) is 0 Å². The number of rotatable bonds is 4.